The molecule has 0 saturated heterocycles. The molecule has 0 bridgehead atoms. The minimum atomic E-state index is -0.245. The molecule has 0 radical (unpaired) electrons. The van der Waals surface area contributed by atoms with E-state index >= 15 is 0 Å². The third-order valence-corrected chi connectivity index (χ3v) is 5.33. The van der Waals surface area contributed by atoms with E-state index in [1.165, 1.54) is 0 Å². The molecule has 3 aromatic carbocycles. The van der Waals surface area contributed by atoms with Gasteiger partial charge in [0.1, 0.15) is 23.9 Å². The fraction of sp³-hybridized carbons (Fsp3) is 0.167. The maximum Gasteiger partial charge on any atom is 0.258 e. The molecule has 4 rings (SSSR count). The average Bonchev–Trinajstić information content (AvgIpc) is 3.16. The van der Waals surface area contributed by atoms with Crippen molar-refractivity contribution in [1.82, 2.24) is 14.9 Å². The first-order valence-corrected chi connectivity index (χ1v) is 10.8. The van der Waals surface area contributed by atoms with E-state index in [1.807, 2.05) is 47.0 Å². The lowest BCUT2D eigenvalue weighted by Gasteiger charge is -2.12. The third kappa shape index (κ3) is 5.52. The number of aromatic nitrogens is 2. The molecule has 0 spiro atoms. The molecule has 1 amide bonds. The number of fused-ring (bicyclic) bond motifs is 1. The van der Waals surface area contributed by atoms with E-state index in [0.29, 0.717) is 34.7 Å². The second-order valence-electron chi connectivity index (χ2n) is 6.97. The van der Waals surface area contributed by atoms with E-state index in [9.17, 15) is 4.79 Å². The molecule has 0 saturated carbocycles. The summed E-state index contributed by atoms with van der Waals surface area (Å²) in [5, 5.41) is 4.04. The predicted octanol–water partition coefficient (Wildman–Crippen LogP) is 5.12. The highest BCUT2D eigenvalue weighted by molar-refractivity contribution is 6.32. The summed E-state index contributed by atoms with van der Waals surface area (Å²) in [4.78, 5) is 16.9. The first-order chi connectivity index (χ1) is 15.6. The quantitative estimate of drug-likeness (QED) is 0.369. The topological polar surface area (TPSA) is 65.4 Å². The fourth-order valence-electron chi connectivity index (χ4n) is 3.23. The van der Waals surface area contributed by atoms with Crippen molar-refractivity contribution in [3.05, 3.63) is 88.7 Å². The van der Waals surface area contributed by atoms with Crippen molar-refractivity contribution < 1.29 is 14.3 Å². The second kappa shape index (κ2) is 10.4. The summed E-state index contributed by atoms with van der Waals surface area (Å²) in [5.41, 5.74) is 1.82. The van der Waals surface area contributed by atoms with Gasteiger partial charge in [0.2, 0.25) is 0 Å². The number of hydrogen-bond acceptors (Lipinski definition) is 4. The highest BCUT2D eigenvalue weighted by Crippen LogP contribution is 2.23. The number of rotatable bonds is 9. The standard InChI is InChI=1S/C24H21Cl2N3O3/c25-17-9-11-18(12-10-17)32-16-24(30)27-15-23-28-20-6-2-3-7-21(20)29(23)13-14-31-22-8-4-1-5-19(22)26/h1-12H,13-16H2,(H,27,30). The van der Waals surface area contributed by atoms with Crippen LogP contribution < -0.4 is 14.8 Å². The van der Waals surface area contributed by atoms with Crippen molar-refractivity contribution in [2.75, 3.05) is 13.2 Å². The number of carbonyl (C=O) groups excluding carboxylic acids is 1. The average molecular weight is 470 g/mol. The van der Waals surface area contributed by atoms with E-state index in [2.05, 4.69) is 10.3 Å². The molecule has 32 heavy (non-hydrogen) atoms. The van der Waals surface area contributed by atoms with Gasteiger partial charge in [-0.2, -0.15) is 0 Å². The van der Waals surface area contributed by atoms with Crippen LogP contribution >= 0.6 is 23.2 Å². The molecule has 1 aromatic heterocycles. The van der Waals surface area contributed by atoms with Crippen LogP contribution in [0.5, 0.6) is 11.5 Å². The monoisotopic (exact) mass is 469 g/mol. The van der Waals surface area contributed by atoms with Crippen LogP contribution in [0.2, 0.25) is 10.0 Å². The molecular weight excluding hydrogens is 449 g/mol. The Balaban J connectivity index is 1.38. The number of nitrogens with one attached hydrogen (secondary N) is 1. The summed E-state index contributed by atoms with van der Waals surface area (Å²) >= 11 is 12.0. The Morgan fingerprint density at radius 3 is 2.50 bits per heavy atom. The summed E-state index contributed by atoms with van der Waals surface area (Å²) in [6.45, 7) is 1.13. The van der Waals surface area contributed by atoms with Gasteiger partial charge in [-0.05, 0) is 48.5 Å². The molecule has 0 fully saturated rings. The van der Waals surface area contributed by atoms with Crippen LogP contribution in [0.4, 0.5) is 0 Å². The summed E-state index contributed by atoms with van der Waals surface area (Å²) in [6.07, 6.45) is 0. The SMILES string of the molecule is O=C(COc1ccc(Cl)cc1)NCc1nc2ccccc2n1CCOc1ccccc1Cl. The van der Waals surface area contributed by atoms with Crippen LogP contribution in [0.25, 0.3) is 11.0 Å². The van der Waals surface area contributed by atoms with Crippen LogP contribution in [-0.2, 0) is 17.9 Å². The highest BCUT2D eigenvalue weighted by Gasteiger charge is 2.12. The zero-order chi connectivity index (χ0) is 22.3. The van der Waals surface area contributed by atoms with Crippen LogP contribution in [0.15, 0.2) is 72.8 Å². The van der Waals surface area contributed by atoms with E-state index in [-0.39, 0.29) is 19.1 Å². The van der Waals surface area contributed by atoms with Gasteiger partial charge in [-0.1, -0.05) is 47.5 Å². The normalized spacial score (nSPS) is 10.8. The number of ether oxygens (including phenoxy) is 2. The van der Waals surface area contributed by atoms with Crippen molar-refractivity contribution in [3.63, 3.8) is 0 Å². The highest BCUT2D eigenvalue weighted by atomic mass is 35.5. The summed E-state index contributed by atoms with van der Waals surface area (Å²) in [5.74, 6) is 1.70. The summed E-state index contributed by atoms with van der Waals surface area (Å²) < 4.78 is 13.4. The predicted molar refractivity (Wildman–Crippen MR) is 125 cm³/mol. The Morgan fingerprint density at radius 1 is 0.938 bits per heavy atom. The molecule has 8 heteroatoms. The maximum atomic E-state index is 12.3. The maximum absolute atomic E-state index is 12.3. The molecule has 0 aliphatic carbocycles. The summed E-state index contributed by atoms with van der Waals surface area (Å²) in [7, 11) is 0. The van der Waals surface area contributed by atoms with E-state index in [1.54, 1.807) is 30.3 Å². The Morgan fingerprint density at radius 2 is 1.69 bits per heavy atom. The van der Waals surface area contributed by atoms with Gasteiger partial charge in [0.15, 0.2) is 6.61 Å². The lowest BCUT2D eigenvalue weighted by atomic mass is 10.3. The molecule has 164 valence electrons. The van der Waals surface area contributed by atoms with Crippen LogP contribution in [0.1, 0.15) is 5.82 Å². The molecule has 0 unspecified atom stereocenters. The first-order valence-electron chi connectivity index (χ1n) is 10.1. The van der Waals surface area contributed by atoms with Gasteiger partial charge in [-0.15, -0.1) is 0 Å². The van der Waals surface area contributed by atoms with E-state index in [0.717, 1.165) is 16.9 Å². The van der Waals surface area contributed by atoms with E-state index in [4.69, 9.17) is 32.7 Å². The number of benzene rings is 3. The Bertz CT molecular complexity index is 1210. The van der Waals surface area contributed by atoms with Crippen LogP contribution in [-0.4, -0.2) is 28.7 Å². The number of halogens is 2. The van der Waals surface area contributed by atoms with E-state index < -0.39 is 0 Å². The van der Waals surface area contributed by atoms with Gasteiger partial charge in [0, 0.05) is 5.02 Å². The molecule has 0 aliphatic heterocycles. The smallest absolute Gasteiger partial charge is 0.258 e. The Hall–Kier alpha value is -3.22. The minimum absolute atomic E-state index is 0.0997. The lowest BCUT2D eigenvalue weighted by Crippen LogP contribution is -2.29. The number of para-hydroxylation sites is 3. The lowest BCUT2D eigenvalue weighted by molar-refractivity contribution is -0.123. The second-order valence-corrected chi connectivity index (χ2v) is 7.81. The van der Waals surface area contributed by atoms with Gasteiger partial charge in [-0.25, -0.2) is 4.98 Å². The number of imidazole rings is 1. The molecule has 0 atom stereocenters. The van der Waals surface area contributed by atoms with Gasteiger partial charge in [0.05, 0.1) is 29.1 Å². The van der Waals surface area contributed by atoms with Gasteiger partial charge in [0.25, 0.3) is 5.91 Å². The molecule has 1 N–H and O–H groups in total. The van der Waals surface area contributed by atoms with Gasteiger partial charge in [-0.3, -0.25) is 4.79 Å². The van der Waals surface area contributed by atoms with Crippen molar-refractivity contribution in [2.24, 2.45) is 0 Å². The van der Waals surface area contributed by atoms with Crippen molar-refractivity contribution >= 4 is 40.1 Å². The largest absolute Gasteiger partial charge is 0.490 e. The van der Waals surface area contributed by atoms with Gasteiger partial charge >= 0.3 is 0 Å². The zero-order valence-electron chi connectivity index (χ0n) is 17.1. The number of hydrogen-bond donors (Lipinski definition) is 1. The third-order valence-electron chi connectivity index (χ3n) is 4.77. The molecule has 1 heterocycles. The summed E-state index contributed by atoms with van der Waals surface area (Å²) in [6, 6.07) is 22.0. The molecule has 6 nitrogen and oxygen atoms in total. The molecular formula is C24H21Cl2N3O3. The Kier molecular flexibility index (Phi) is 7.14. The number of nitrogens with zero attached hydrogens (tertiary/aromatic N) is 2. The first kappa shape index (κ1) is 22.0. The minimum Gasteiger partial charge on any atom is -0.490 e. The number of carbonyl (C=O) groups is 1. The van der Waals surface area contributed by atoms with Crippen molar-refractivity contribution in [3.8, 4) is 11.5 Å². The number of amides is 1. The Labute approximate surface area is 195 Å². The van der Waals surface area contributed by atoms with Gasteiger partial charge < -0.3 is 19.4 Å². The zero-order valence-corrected chi connectivity index (χ0v) is 18.6. The van der Waals surface area contributed by atoms with Crippen molar-refractivity contribution in [2.45, 2.75) is 13.1 Å². The molecule has 4 aromatic rings. The molecule has 0 aliphatic rings. The fourth-order valence-corrected chi connectivity index (χ4v) is 3.54. The van der Waals surface area contributed by atoms with Crippen molar-refractivity contribution in [1.29, 1.82) is 0 Å². The van der Waals surface area contributed by atoms with Crippen LogP contribution in [0.3, 0.4) is 0 Å². The van der Waals surface area contributed by atoms with Crippen LogP contribution in [0, 0.1) is 0 Å².